The number of carbonyl (C=O) groups excluding carboxylic acids is 1. The van der Waals surface area contributed by atoms with E-state index >= 15 is 0 Å². The normalized spacial score (nSPS) is 26.0. The molecule has 1 aliphatic carbocycles. The number of nitrogens with zero attached hydrogens (tertiary/aromatic N) is 5. The maximum Gasteiger partial charge on any atom is 0.410 e. The first kappa shape index (κ1) is 32.3. The second-order valence-corrected chi connectivity index (χ2v) is 17.2. The van der Waals surface area contributed by atoms with Crippen molar-refractivity contribution in [2.45, 2.75) is 77.2 Å². The average Bonchev–Trinajstić information content (AvgIpc) is 3.37. The summed E-state index contributed by atoms with van der Waals surface area (Å²) in [6.45, 7) is 19.0. The van der Waals surface area contributed by atoms with E-state index in [2.05, 4.69) is 51.4 Å². The summed E-state index contributed by atoms with van der Waals surface area (Å²) in [5.41, 5.74) is 3.54. The lowest BCUT2D eigenvalue weighted by Gasteiger charge is -2.35. The van der Waals surface area contributed by atoms with E-state index in [1.165, 1.54) is 50.1 Å². The molecule has 3 aromatic rings. The highest BCUT2D eigenvalue weighted by Crippen LogP contribution is 2.52. The predicted molar refractivity (Wildman–Crippen MR) is 190 cm³/mol. The molecule has 2 aromatic carbocycles. The molecular formula is C39H50ClN5O3. The quantitative estimate of drug-likeness (QED) is 0.301. The van der Waals surface area contributed by atoms with Gasteiger partial charge in [-0.15, -0.1) is 0 Å². The van der Waals surface area contributed by atoms with Gasteiger partial charge in [0.1, 0.15) is 11.4 Å². The van der Waals surface area contributed by atoms with Crippen LogP contribution in [-0.4, -0.2) is 88.3 Å². The minimum absolute atomic E-state index is 0.159. The van der Waals surface area contributed by atoms with Crippen molar-refractivity contribution >= 4 is 28.6 Å². The van der Waals surface area contributed by atoms with Crippen molar-refractivity contribution in [3.05, 3.63) is 68.7 Å². The molecule has 3 saturated heterocycles. The van der Waals surface area contributed by atoms with Crippen LogP contribution in [0.15, 0.2) is 41.2 Å². The Balaban J connectivity index is 0.840. The molecule has 9 heteroatoms. The Bertz CT molecular complexity index is 1790. The number of rotatable bonds is 5. The third kappa shape index (κ3) is 5.75. The number of likely N-dealkylation sites (tertiary alicyclic amines) is 3. The van der Waals surface area contributed by atoms with Crippen molar-refractivity contribution in [2.24, 2.45) is 23.7 Å². The number of piperidine rings is 3. The van der Waals surface area contributed by atoms with Gasteiger partial charge in [-0.25, -0.2) is 4.79 Å². The van der Waals surface area contributed by atoms with Crippen molar-refractivity contribution in [1.82, 2.24) is 24.3 Å². The molecule has 3 atom stereocenters. The molecule has 256 valence electrons. The zero-order chi connectivity index (χ0) is 33.5. The van der Waals surface area contributed by atoms with Crippen molar-refractivity contribution < 1.29 is 9.53 Å². The van der Waals surface area contributed by atoms with Crippen molar-refractivity contribution in [3.63, 3.8) is 0 Å². The van der Waals surface area contributed by atoms with Gasteiger partial charge in [0.25, 0.3) is 5.56 Å². The first-order chi connectivity index (χ1) is 22.9. The predicted octanol–water partition coefficient (Wildman–Crippen LogP) is 6.68. The van der Waals surface area contributed by atoms with Crippen LogP contribution in [0.5, 0.6) is 0 Å². The number of amides is 1. The lowest BCUT2D eigenvalue weighted by Crippen LogP contribution is -2.44. The van der Waals surface area contributed by atoms with E-state index in [9.17, 15) is 9.59 Å². The fourth-order valence-corrected chi connectivity index (χ4v) is 9.67. The molecule has 0 bridgehead atoms. The van der Waals surface area contributed by atoms with Crippen LogP contribution >= 0.6 is 11.6 Å². The van der Waals surface area contributed by atoms with E-state index in [0.29, 0.717) is 22.2 Å². The molecule has 48 heavy (non-hydrogen) atoms. The van der Waals surface area contributed by atoms with E-state index in [0.717, 1.165) is 73.8 Å². The zero-order valence-corrected chi connectivity index (χ0v) is 29.9. The van der Waals surface area contributed by atoms with Gasteiger partial charge in [-0.05, 0) is 132 Å². The summed E-state index contributed by atoms with van der Waals surface area (Å²) >= 11 is 6.50. The Labute approximate surface area is 289 Å². The first-order valence-corrected chi connectivity index (χ1v) is 18.5. The second kappa shape index (κ2) is 11.8. The molecule has 1 amide bonds. The van der Waals surface area contributed by atoms with Gasteiger partial charge < -0.3 is 19.4 Å². The van der Waals surface area contributed by atoms with Crippen LogP contribution in [0.25, 0.3) is 16.6 Å². The number of benzene rings is 2. The van der Waals surface area contributed by atoms with Gasteiger partial charge in [0.05, 0.1) is 27.0 Å². The van der Waals surface area contributed by atoms with Gasteiger partial charge >= 0.3 is 6.09 Å². The van der Waals surface area contributed by atoms with Crippen LogP contribution in [0, 0.1) is 23.7 Å². The average molecular weight is 672 g/mol. The number of ether oxygens (including phenoxy) is 1. The van der Waals surface area contributed by atoms with Crippen LogP contribution < -0.4 is 5.56 Å². The van der Waals surface area contributed by atoms with E-state index in [-0.39, 0.29) is 17.1 Å². The first-order valence-electron chi connectivity index (χ1n) is 18.2. The molecule has 5 aliphatic rings. The van der Waals surface area contributed by atoms with Gasteiger partial charge in [-0.3, -0.25) is 9.36 Å². The number of halogens is 1. The van der Waals surface area contributed by atoms with Gasteiger partial charge in [0.15, 0.2) is 0 Å². The molecule has 8 rings (SSSR count). The minimum atomic E-state index is -0.432. The molecule has 1 saturated carbocycles. The largest absolute Gasteiger partial charge is 0.444 e. The molecule has 8 nitrogen and oxygen atoms in total. The van der Waals surface area contributed by atoms with Crippen LogP contribution in [0.3, 0.4) is 0 Å². The SMILES string of the molecule is CC(C)(C)OC(=O)N1CCC(CN2C[C@@H]3C(CN4CCC(c5ccc6c(c5)-n5c(nc(=O)c7c(Cl)cccc75)C6(C)C)CC4)[C@@H]3C2)CC1. The summed E-state index contributed by atoms with van der Waals surface area (Å²) in [4.78, 5) is 37.4. The molecule has 5 heterocycles. The molecule has 1 unspecified atom stereocenters. The highest BCUT2D eigenvalue weighted by molar-refractivity contribution is 6.35. The number of hydrogen-bond acceptors (Lipinski definition) is 6. The van der Waals surface area contributed by atoms with E-state index in [1.807, 2.05) is 37.8 Å². The van der Waals surface area contributed by atoms with Gasteiger partial charge in [-0.2, -0.15) is 4.98 Å². The molecule has 4 fully saturated rings. The Morgan fingerprint density at radius 2 is 1.67 bits per heavy atom. The van der Waals surface area contributed by atoms with E-state index in [1.54, 1.807) is 6.07 Å². The summed E-state index contributed by atoms with van der Waals surface area (Å²) in [5.74, 6) is 4.62. The molecular weight excluding hydrogens is 622 g/mol. The van der Waals surface area contributed by atoms with Crippen molar-refractivity contribution in [2.75, 3.05) is 52.4 Å². The Morgan fingerprint density at radius 3 is 2.35 bits per heavy atom. The third-order valence-electron chi connectivity index (χ3n) is 12.1. The van der Waals surface area contributed by atoms with E-state index in [4.69, 9.17) is 16.3 Å². The summed E-state index contributed by atoms with van der Waals surface area (Å²) < 4.78 is 7.76. The zero-order valence-electron chi connectivity index (χ0n) is 29.2. The van der Waals surface area contributed by atoms with Crippen LogP contribution in [0.2, 0.25) is 5.02 Å². The van der Waals surface area contributed by atoms with Crippen molar-refractivity contribution in [3.8, 4) is 5.69 Å². The Morgan fingerprint density at radius 1 is 0.958 bits per heavy atom. The fourth-order valence-electron chi connectivity index (χ4n) is 9.42. The number of carbonyl (C=O) groups is 1. The smallest absolute Gasteiger partial charge is 0.410 e. The van der Waals surface area contributed by atoms with Crippen LogP contribution in [-0.2, 0) is 10.2 Å². The molecule has 4 aliphatic heterocycles. The highest BCUT2D eigenvalue weighted by atomic mass is 35.5. The van der Waals surface area contributed by atoms with E-state index < -0.39 is 5.60 Å². The minimum Gasteiger partial charge on any atom is -0.444 e. The summed E-state index contributed by atoms with van der Waals surface area (Å²) in [6, 6.07) is 12.6. The molecule has 0 radical (unpaired) electrons. The number of aromatic nitrogens is 2. The summed E-state index contributed by atoms with van der Waals surface area (Å²) in [7, 11) is 0. The summed E-state index contributed by atoms with van der Waals surface area (Å²) in [5, 5.41) is 0.957. The maximum absolute atomic E-state index is 13.0. The number of hydrogen-bond donors (Lipinski definition) is 0. The molecule has 0 N–H and O–H groups in total. The van der Waals surface area contributed by atoms with Gasteiger partial charge in [-0.1, -0.05) is 29.8 Å². The monoisotopic (exact) mass is 671 g/mol. The Hall–Kier alpha value is -2.94. The second-order valence-electron chi connectivity index (χ2n) is 16.8. The maximum atomic E-state index is 13.0. The Kier molecular flexibility index (Phi) is 7.96. The molecule has 1 aromatic heterocycles. The standard InChI is InChI=1S/C39H50ClN5O3/c1-38(2,3)48-37(47)44-17-11-24(12-18-44)20-43-22-28-27(29(28)23-43)21-42-15-13-25(14-16-42)26-9-10-30-33(19-26)45-32-8-6-7-31(40)34(32)35(46)41-36(45)39(30,4)5/h6-10,19,24-25,27-29H,11-18,20-23H2,1-5H3/t27?,28-,29+. The lowest BCUT2D eigenvalue weighted by molar-refractivity contribution is 0.0170. The highest BCUT2D eigenvalue weighted by Gasteiger charge is 2.55. The third-order valence-corrected chi connectivity index (χ3v) is 12.4. The van der Waals surface area contributed by atoms with Crippen molar-refractivity contribution in [1.29, 1.82) is 0 Å². The van der Waals surface area contributed by atoms with Crippen LogP contribution in [0.1, 0.15) is 83.2 Å². The van der Waals surface area contributed by atoms with Crippen LogP contribution in [0.4, 0.5) is 4.79 Å². The molecule has 0 spiro atoms. The fraction of sp³-hybridized carbons (Fsp3) is 0.615. The summed E-state index contributed by atoms with van der Waals surface area (Å²) in [6.07, 6.45) is 4.37. The lowest BCUT2D eigenvalue weighted by atomic mass is 9.83. The van der Waals surface area contributed by atoms with Gasteiger partial charge in [0, 0.05) is 39.3 Å². The number of fused-ring (bicyclic) bond motifs is 6. The topological polar surface area (TPSA) is 70.9 Å². The van der Waals surface area contributed by atoms with Gasteiger partial charge in [0.2, 0.25) is 0 Å².